The van der Waals surface area contributed by atoms with E-state index in [-0.39, 0.29) is 0 Å². The third-order valence-electron chi connectivity index (χ3n) is 1.43. The Bertz CT molecular complexity index is 247. The predicted octanol–water partition coefficient (Wildman–Crippen LogP) is 2.23. The summed E-state index contributed by atoms with van der Waals surface area (Å²) < 4.78 is 5.04. The van der Waals surface area contributed by atoms with E-state index in [1.54, 1.807) is 30.6 Å². The molecule has 0 aliphatic carbocycles. The third-order valence-corrected chi connectivity index (χ3v) is 1.43. The van der Waals surface area contributed by atoms with Crippen molar-refractivity contribution in [3.05, 3.63) is 42.9 Å². The summed E-state index contributed by atoms with van der Waals surface area (Å²) >= 11 is 0. The lowest BCUT2D eigenvalue weighted by Gasteiger charge is -1.97. The Balaban J connectivity index is 2.44. The van der Waals surface area contributed by atoms with Gasteiger partial charge in [-0.2, -0.15) is 0 Å². The molecule has 1 aromatic rings. The summed E-state index contributed by atoms with van der Waals surface area (Å²) in [4.78, 5) is 0. The van der Waals surface area contributed by atoms with E-state index in [9.17, 15) is 5.11 Å². The number of furan rings is 1. The number of rotatable bonds is 4. The first kappa shape index (κ1) is 8.81. The molecular formula is C10H12O2. The molecule has 0 amide bonds. The van der Waals surface area contributed by atoms with Crippen molar-refractivity contribution in [3.8, 4) is 0 Å². The highest BCUT2D eigenvalue weighted by Crippen LogP contribution is 2.04. The molecule has 0 radical (unpaired) electrons. The number of aliphatic hydroxyl groups is 1. The molecule has 0 fully saturated rings. The van der Waals surface area contributed by atoms with Crippen LogP contribution in [0.1, 0.15) is 12.2 Å². The summed E-state index contributed by atoms with van der Waals surface area (Å²) in [6, 6.07) is 3.64. The highest BCUT2D eigenvalue weighted by molar-refractivity contribution is 5.42. The molecule has 1 rings (SSSR count). The molecule has 0 aromatic carbocycles. The molecule has 2 heteroatoms. The van der Waals surface area contributed by atoms with Crippen LogP contribution in [0.25, 0.3) is 6.08 Å². The zero-order valence-corrected chi connectivity index (χ0v) is 6.81. The van der Waals surface area contributed by atoms with Gasteiger partial charge in [0.25, 0.3) is 0 Å². The zero-order valence-electron chi connectivity index (χ0n) is 6.81. The Morgan fingerprint density at radius 3 is 3.08 bits per heavy atom. The van der Waals surface area contributed by atoms with E-state index in [0.29, 0.717) is 6.42 Å². The maximum Gasteiger partial charge on any atom is 0.126 e. The minimum absolute atomic E-state index is 0.465. The Labute approximate surface area is 71.8 Å². The fourth-order valence-corrected chi connectivity index (χ4v) is 0.841. The van der Waals surface area contributed by atoms with Crippen LogP contribution in [0, 0.1) is 0 Å². The maximum atomic E-state index is 9.25. The van der Waals surface area contributed by atoms with Crippen LogP contribution in [-0.2, 0) is 0 Å². The lowest BCUT2D eigenvalue weighted by molar-refractivity contribution is 0.228. The molecule has 0 bridgehead atoms. The highest BCUT2D eigenvalue weighted by Gasteiger charge is 1.94. The van der Waals surface area contributed by atoms with Crippen molar-refractivity contribution < 1.29 is 9.52 Å². The second-order valence-corrected chi connectivity index (χ2v) is 2.47. The van der Waals surface area contributed by atoms with Gasteiger partial charge in [0, 0.05) is 0 Å². The van der Waals surface area contributed by atoms with Crippen LogP contribution in [0.4, 0.5) is 0 Å². The van der Waals surface area contributed by atoms with E-state index in [2.05, 4.69) is 6.58 Å². The van der Waals surface area contributed by atoms with Crippen LogP contribution in [0.15, 0.2) is 41.5 Å². The van der Waals surface area contributed by atoms with Gasteiger partial charge in [0.1, 0.15) is 5.76 Å². The Kier molecular flexibility index (Phi) is 3.35. The van der Waals surface area contributed by atoms with Gasteiger partial charge in [0.05, 0.1) is 12.4 Å². The number of aliphatic hydroxyl groups excluding tert-OH is 1. The van der Waals surface area contributed by atoms with Crippen molar-refractivity contribution >= 4 is 6.08 Å². The fraction of sp³-hybridized carbons (Fsp3) is 0.200. The number of hydrogen-bond acceptors (Lipinski definition) is 2. The summed E-state index contributed by atoms with van der Waals surface area (Å²) in [5.74, 6) is 0.748. The first-order valence-corrected chi connectivity index (χ1v) is 3.83. The smallest absolute Gasteiger partial charge is 0.126 e. The average Bonchev–Trinajstić information content (AvgIpc) is 2.53. The van der Waals surface area contributed by atoms with Gasteiger partial charge < -0.3 is 9.52 Å². The van der Waals surface area contributed by atoms with Crippen LogP contribution >= 0.6 is 0 Å². The molecule has 0 aliphatic rings. The molecule has 12 heavy (non-hydrogen) atoms. The van der Waals surface area contributed by atoms with Gasteiger partial charge in [0.15, 0.2) is 0 Å². The van der Waals surface area contributed by atoms with Crippen molar-refractivity contribution in [1.82, 2.24) is 0 Å². The summed E-state index contributed by atoms with van der Waals surface area (Å²) in [5, 5.41) is 9.25. The summed E-state index contributed by atoms with van der Waals surface area (Å²) in [6.45, 7) is 3.53. The largest absolute Gasteiger partial charge is 0.465 e. The number of hydrogen-bond donors (Lipinski definition) is 1. The van der Waals surface area contributed by atoms with Gasteiger partial charge in [-0.15, -0.1) is 6.58 Å². The van der Waals surface area contributed by atoms with E-state index >= 15 is 0 Å². The Hall–Kier alpha value is -1.28. The molecule has 1 heterocycles. The first-order valence-electron chi connectivity index (χ1n) is 3.83. The molecule has 0 saturated heterocycles. The summed E-state index contributed by atoms with van der Waals surface area (Å²) in [7, 11) is 0. The zero-order chi connectivity index (χ0) is 8.81. The van der Waals surface area contributed by atoms with Crippen molar-refractivity contribution in [1.29, 1.82) is 0 Å². The molecule has 0 saturated carbocycles. The van der Waals surface area contributed by atoms with Crippen molar-refractivity contribution in [2.24, 2.45) is 0 Å². The molecule has 1 atom stereocenters. The molecule has 0 aliphatic heterocycles. The van der Waals surface area contributed by atoms with Gasteiger partial charge in [-0.25, -0.2) is 0 Å². The van der Waals surface area contributed by atoms with Crippen LogP contribution in [-0.4, -0.2) is 11.2 Å². The second-order valence-electron chi connectivity index (χ2n) is 2.47. The molecule has 64 valence electrons. The van der Waals surface area contributed by atoms with Crippen molar-refractivity contribution in [2.45, 2.75) is 12.5 Å². The normalized spacial score (nSPS) is 13.4. The van der Waals surface area contributed by atoms with Crippen LogP contribution in [0.5, 0.6) is 0 Å². The minimum Gasteiger partial charge on any atom is -0.465 e. The third kappa shape index (κ3) is 2.76. The van der Waals surface area contributed by atoms with Crippen LogP contribution < -0.4 is 0 Å². The SMILES string of the molecule is C=CC[C@@H](O)/C=C/c1ccco1. The molecule has 1 N–H and O–H groups in total. The van der Waals surface area contributed by atoms with Gasteiger partial charge in [-0.3, -0.25) is 0 Å². The van der Waals surface area contributed by atoms with Crippen LogP contribution in [0.3, 0.4) is 0 Å². The van der Waals surface area contributed by atoms with Gasteiger partial charge >= 0.3 is 0 Å². The quantitative estimate of drug-likeness (QED) is 0.692. The van der Waals surface area contributed by atoms with E-state index in [1.165, 1.54) is 0 Å². The molecule has 0 spiro atoms. The highest BCUT2D eigenvalue weighted by atomic mass is 16.3. The standard InChI is InChI=1S/C10H12O2/c1-2-4-9(11)6-7-10-5-3-8-12-10/h2-3,5-9,11H,1,4H2/b7-6+/t9-/m1/s1. The van der Waals surface area contributed by atoms with Gasteiger partial charge in [-0.1, -0.05) is 12.2 Å². The first-order chi connectivity index (χ1) is 5.83. The Morgan fingerprint density at radius 2 is 2.50 bits per heavy atom. The van der Waals surface area contributed by atoms with Gasteiger partial charge in [-0.05, 0) is 24.6 Å². The minimum atomic E-state index is -0.465. The van der Waals surface area contributed by atoms with E-state index in [4.69, 9.17) is 4.42 Å². The maximum absolute atomic E-state index is 9.25. The Morgan fingerprint density at radius 1 is 1.67 bits per heavy atom. The predicted molar refractivity (Wildman–Crippen MR) is 48.6 cm³/mol. The van der Waals surface area contributed by atoms with Crippen molar-refractivity contribution in [3.63, 3.8) is 0 Å². The second kappa shape index (κ2) is 4.57. The molecule has 2 nitrogen and oxygen atoms in total. The average molecular weight is 164 g/mol. The lowest BCUT2D eigenvalue weighted by atomic mass is 10.2. The van der Waals surface area contributed by atoms with Crippen molar-refractivity contribution in [2.75, 3.05) is 0 Å². The fourth-order valence-electron chi connectivity index (χ4n) is 0.841. The summed E-state index contributed by atoms with van der Waals surface area (Å²) in [5.41, 5.74) is 0. The topological polar surface area (TPSA) is 33.4 Å². The monoisotopic (exact) mass is 164 g/mol. The van der Waals surface area contributed by atoms with E-state index < -0.39 is 6.10 Å². The lowest BCUT2D eigenvalue weighted by Crippen LogP contribution is -1.98. The molecule has 1 aromatic heterocycles. The summed E-state index contributed by atoms with van der Waals surface area (Å²) in [6.07, 6.45) is 6.80. The molecular weight excluding hydrogens is 152 g/mol. The van der Waals surface area contributed by atoms with E-state index in [1.807, 2.05) is 6.07 Å². The van der Waals surface area contributed by atoms with Gasteiger partial charge in [0.2, 0.25) is 0 Å². The van der Waals surface area contributed by atoms with Crippen LogP contribution in [0.2, 0.25) is 0 Å². The molecule has 0 unspecified atom stereocenters. The van der Waals surface area contributed by atoms with E-state index in [0.717, 1.165) is 5.76 Å².